The second-order valence-corrected chi connectivity index (χ2v) is 7.37. The number of anilines is 2. The summed E-state index contributed by atoms with van der Waals surface area (Å²) in [6.07, 6.45) is -12.7. The van der Waals surface area contributed by atoms with E-state index in [-0.39, 0.29) is 0 Å². The lowest BCUT2D eigenvalue weighted by molar-refractivity contribution is -0.0774. The van der Waals surface area contributed by atoms with Crippen molar-refractivity contribution in [2.45, 2.75) is 61.3 Å². The molecule has 30 heavy (non-hydrogen) atoms. The Morgan fingerprint density at radius 1 is 0.733 bits per heavy atom. The molecule has 2 fully saturated rings. The van der Waals surface area contributed by atoms with E-state index in [1.165, 1.54) is 0 Å². The standard InChI is InChI=1S/C18H28N2O10/c21-5-9(23)15-11(25)13(27)17(29-15)19-7-2-1-3-8(4-7)20-18-14(28)12(26)16(30-18)10(24)6-22/h1-4,9-28H,5-6H2/t9-,10-,11+,12+,13-,14+,15+,16+,17+,18+/m1/s1. The first-order valence-electron chi connectivity index (χ1n) is 9.51. The predicted molar refractivity (Wildman–Crippen MR) is 101 cm³/mol. The van der Waals surface area contributed by atoms with Gasteiger partial charge < -0.3 is 61.0 Å². The lowest BCUT2D eigenvalue weighted by Crippen LogP contribution is -2.40. The van der Waals surface area contributed by atoms with Crippen LogP contribution in [0.25, 0.3) is 0 Å². The number of nitrogens with one attached hydrogen (secondary N) is 2. The van der Waals surface area contributed by atoms with E-state index >= 15 is 0 Å². The molecule has 0 aliphatic carbocycles. The molecule has 0 unspecified atom stereocenters. The average Bonchev–Trinajstić information content (AvgIpc) is 3.18. The highest BCUT2D eigenvalue weighted by Crippen LogP contribution is 2.28. The third kappa shape index (κ3) is 4.68. The summed E-state index contributed by atoms with van der Waals surface area (Å²) in [7, 11) is 0. The Kier molecular flexibility index (Phi) is 7.47. The van der Waals surface area contributed by atoms with Gasteiger partial charge >= 0.3 is 0 Å². The summed E-state index contributed by atoms with van der Waals surface area (Å²) in [5, 5.41) is 83.4. The van der Waals surface area contributed by atoms with Crippen molar-refractivity contribution in [2.24, 2.45) is 0 Å². The molecule has 12 heteroatoms. The maximum Gasteiger partial charge on any atom is 0.157 e. The topological polar surface area (TPSA) is 204 Å². The lowest BCUT2D eigenvalue weighted by atomic mass is 10.1. The molecule has 0 radical (unpaired) electrons. The number of aliphatic hydroxyl groups excluding tert-OH is 8. The van der Waals surface area contributed by atoms with Gasteiger partial charge in [0, 0.05) is 11.4 Å². The Bertz CT molecular complexity index is 643. The van der Waals surface area contributed by atoms with Crippen molar-refractivity contribution in [3.8, 4) is 0 Å². The maximum atomic E-state index is 10.1. The van der Waals surface area contributed by atoms with Gasteiger partial charge in [-0.3, -0.25) is 0 Å². The molecule has 10 atom stereocenters. The van der Waals surface area contributed by atoms with Crippen LogP contribution < -0.4 is 10.6 Å². The third-order valence-corrected chi connectivity index (χ3v) is 5.21. The highest BCUT2D eigenvalue weighted by atomic mass is 16.6. The highest BCUT2D eigenvalue weighted by molar-refractivity contribution is 5.57. The van der Waals surface area contributed by atoms with E-state index in [4.69, 9.17) is 19.7 Å². The second kappa shape index (κ2) is 9.70. The fourth-order valence-corrected chi connectivity index (χ4v) is 3.52. The van der Waals surface area contributed by atoms with Gasteiger partial charge in [-0.2, -0.15) is 0 Å². The third-order valence-electron chi connectivity index (χ3n) is 5.21. The van der Waals surface area contributed by atoms with Crippen LogP contribution in [0.2, 0.25) is 0 Å². The summed E-state index contributed by atoms with van der Waals surface area (Å²) in [6, 6.07) is 6.50. The van der Waals surface area contributed by atoms with Gasteiger partial charge in [0.05, 0.1) is 13.2 Å². The molecule has 170 valence electrons. The smallest absolute Gasteiger partial charge is 0.157 e. The second-order valence-electron chi connectivity index (χ2n) is 7.37. The van der Waals surface area contributed by atoms with Crippen LogP contribution in [0.1, 0.15) is 0 Å². The zero-order valence-corrected chi connectivity index (χ0v) is 15.9. The summed E-state index contributed by atoms with van der Waals surface area (Å²) in [5.74, 6) is 0. The fourth-order valence-electron chi connectivity index (χ4n) is 3.52. The molecule has 2 aliphatic rings. The Balaban J connectivity index is 1.64. The van der Waals surface area contributed by atoms with Crippen molar-refractivity contribution in [2.75, 3.05) is 23.8 Å². The van der Waals surface area contributed by atoms with Crippen LogP contribution in [-0.4, -0.2) is 115 Å². The average molecular weight is 432 g/mol. The molecule has 12 nitrogen and oxygen atoms in total. The van der Waals surface area contributed by atoms with Gasteiger partial charge in [0.2, 0.25) is 0 Å². The Hall–Kier alpha value is -1.58. The van der Waals surface area contributed by atoms with Crippen molar-refractivity contribution in [1.82, 2.24) is 0 Å². The summed E-state index contributed by atoms with van der Waals surface area (Å²) in [4.78, 5) is 0. The highest BCUT2D eigenvalue weighted by Gasteiger charge is 2.47. The predicted octanol–water partition coefficient (Wildman–Crippen LogP) is -3.89. The van der Waals surface area contributed by atoms with E-state index in [9.17, 15) is 30.6 Å². The van der Waals surface area contributed by atoms with E-state index in [2.05, 4.69) is 10.6 Å². The molecule has 0 amide bonds. The number of ether oxygens (including phenoxy) is 2. The molecule has 0 aromatic heterocycles. The van der Waals surface area contributed by atoms with Crippen LogP contribution in [0.4, 0.5) is 11.4 Å². The molecule has 1 aromatic rings. The van der Waals surface area contributed by atoms with Crippen LogP contribution in [0.5, 0.6) is 0 Å². The van der Waals surface area contributed by atoms with Crippen LogP contribution in [0, 0.1) is 0 Å². The van der Waals surface area contributed by atoms with Crippen molar-refractivity contribution >= 4 is 11.4 Å². The lowest BCUT2D eigenvalue weighted by Gasteiger charge is -2.21. The van der Waals surface area contributed by atoms with Crippen molar-refractivity contribution < 1.29 is 50.3 Å². The Morgan fingerprint density at radius 3 is 1.50 bits per heavy atom. The SMILES string of the molecule is OC[C@@H](O)[C@@H]1O[C@H](Nc2cccc(N[C@H]3O[C@@H]([C@H](O)CO)[C@@H](O)[C@@H]3O)c2)[C@H](O)[C@@H]1O. The molecule has 0 spiro atoms. The summed E-state index contributed by atoms with van der Waals surface area (Å²) in [5.41, 5.74) is 0.908. The molecular formula is C18H28N2O10. The van der Waals surface area contributed by atoms with Gasteiger partial charge in [-0.15, -0.1) is 0 Å². The van der Waals surface area contributed by atoms with Crippen LogP contribution >= 0.6 is 0 Å². The number of benzene rings is 1. The molecule has 1 aromatic carbocycles. The van der Waals surface area contributed by atoms with Gasteiger partial charge in [0.15, 0.2) is 12.5 Å². The van der Waals surface area contributed by atoms with Crippen molar-refractivity contribution in [3.63, 3.8) is 0 Å². The normalized spacial score (nSPS) is 38.4. The van der Waals surface area contributed by atoms with Crippen molar-refractivity contribution in [3.05, 3.63) is 24.3 Å². The van der Waals surface area contributed by atoms with Gasteiger partial charge in [-0.25, -0.2) is 0 Å². The molecular weight excluding hydrogens is 404 g/mol. The van der Waals surface area contributed by atoms with E-state index < -0.39 is 74.5 Å². The van der Waals surface area contributed by atoms with Gasteiger partial charge in [0.1, 0.15) is 48.8 Å². The zero-order valence-electron chi connectivity index (χ0n) is 15.9. The van der Waals surface area contributed by atoms with Crippen LogP contribution in [0.3, 0.4) is 0 Å². The van der Waals surface area contributed by atoms with E-state index in [0.717, 1.165) is 0 Å². The van der Waals surface area contributed by atoms with E-state index in [1.807, 2.05) is 0 Å². The molecule has 0 bridgehead atoms. The quantitative estimate of drug-likeness (QED) is 0.191. The monoisotopic (exact) mass is 432 g/mol. The molecule has 2 saturated heterocycles. The fraction of sp³-hybridized carbons (Fsp3) is 0.667. The van der Waals surface area contributed by atoms with E-state index in [0.29, 0.717) is 11.4 Å². The van der Waals surface area contributed by atoms with Gasteiger partial charge in [0.25, 0.3) is 0 Å². The zero-order chi connectivity index (χ0) is 22.0. The molecule has 3 rings (SSSR count). The Morgan fingerprint density at radius 2 is 1.13 bits per heavy atom. The first-order chi connectivity index (χ1) is 14.3. The minimum absolute atomic E-state index is 0.454. The first kappa shape index (κ1) is 23.1. The maximum absolute atomic E-state index is 10.1. The molecule has 10 N–H and O–H groups in total. The summed E-state index contributed by atoms with van der Waals surface area (Å²) in [6.45, 7) is -1.27. The van der Waals surface area contributed by atoms with E-state index in [1.54, 1.807) is 24.3 Å². The minimum Gasteiger partial charge on any atom is -0.394 e. The molecule has 0 saturated carbocycles. The first-order valence-corrected chi connectivity index (χ1v) is 9.51. The largest absolute Gasteiger partial charge is 0.394 e. The van der Waals surface area contributed by atoms with Crippen molar-refractivity contribution in [1.29, 1.82) is 0 Å². The summed E-state index contributed by atoms with van der Waals surface area (Å²) < 4.78 is 10.8. The number of hydrogen-bond acceptors (Lipinski definition) is 12. The van der Waals surface area contributed by atoms with Gasteiger partial charge in [-0.1, -0.05) is 6.07 Å². The number of hydrogen-bond donors (Lipinski definition) is 10. The molecule has 2 aliphatic heterocycles. The summed E-state index contributed by atoms with van der Waals surface area (Å²) >= 11 is 0. The molecule has 2 heterocycles. The Labute approximate surface area is 171 Å². The van der Waals surface area contributed by atoms with Gasteiger partial charge in [-0.05, 0) is 18.2 Å². The minimum atomic E-state index is -1.40. The van der Waals surface area contributed by atoms with Crippen LogP contribution in [-0.2, 0) is 9.47 Å². The number of rotatable bonds is 8. The van der Waals surface area contributed by atoms with Crippen LogP contribution in [0.15, 0.2) is 24.3 Å². The number of aliphatic hydroxyl groups is 8.